The molecule has 4 aromatic heterocycles. The zero-order chi connectivity index (χ0) is 31.3. The normalized spacial score (nSPS) is 12.4. The number of aryl methyl sites for hydroxylation is 2. The molecule has 4 heterocycles. The largest absolute Gasteiger partial charge is 0.134 e. The van der Waals surface area contributed by atoms with Gasteiger partial charge in [-0.2, -0.15) is 0 Å². The predicted molar refractivity (Wildman–Crippen MR) is 214 cm³/mol. The molecule has 0 fully saturated rings. The summed E-state index contributed by atoms with van der Waals surface area (Å²) in [7, 11) is 0. The van der Waals surface area contributed by atoms with E-state index in [1.165, 1.54) is 135 Å². The first-order valence-corrected chi connectivity index (χ1v) is 20.3. The first-order chi connectivity index (χ1) is 22.7. The molecule has 0 aliphatic rings. The molecular formula is C42H42S4. The molecule has 3 aromatic carbocycles. The van der Waals surface area contributed by atoms with Crippen LogP contribution >= 0.6 is 45.3 Å². The van der Waals surface area contributed by atoms with Crippen molar-refractivity contribution in [1.82, 2.24) is 0 Å². The number of hydrogen-bond acceptors (Lipinski definition) is 4. The first-order valence-electron chi connectivity index (χ1n) is 17.0. The molecule has 0 nitrogen and oxygen atoms in total. The van der Waals surface area contributed by atoms with Crippen LogP contribution in [0.1, 0.15) is 97.2 Å². The maximum Gasteiger partial charge on any atom is 0.0536 e. The van der Waals surface area contributed by atoms with Gasteiger partial charge in [0.1, 0.15) is 0 Å². The number of unbranched alkanes of at least 4 members (excludes halogenated alkanes) is 6. The van der Waals surface area contributed by atoms with Gasteiger partial charge in [-0.3, -0.25) is 0 Å². The van der Waals surface area contributed by atoms with Crippen LogP contribution in [0.3, 0.4) is 0 Å². The third kappa shape index (κ3) is 7.26. The Bertz CT molecular complexity index is 1950. The predicted octanol–water partition coefficient (Wildman–Crippen LogP) is 15.1. The van der Waals surface area contributed by atoms with E-state index in [0.717, 1.165) is 0 Å². The van der Waals surface area contributed by atoms with E-state index in [1.54, 1.807) is 0 Å². The Hall–Kier alpha value is -3.02. The summed E-state index contributed by atoms with van der Waals surface area (Å²) in [5.41, 5.74) is 5.47. The molecule has 0 amide bonds. The fourth-order valence-corrected chi connectivity index (χ4v) is 11.2. The minimum absolute atomic E-state index is 1.19. The van der Waals surface area contributed by atoms with Gasteiger partial charge in [0, 0.05) is 39.3 Å². The Morgan fingerprint density at radius 3 is 1.28 bits per heavy atom. The van der Waals surface area contributed by atoms with Gasteiger partial charge in [0.25, 0.3) is 0 Å². The van der Waals surface area contributed by atoms with Gasteiger partial charge >= 0.3 is 0 Å². The molecule has 0 aliphatic heterocycles. The van der Waals surface area contributed by atoms with E-state index in [1.807, 2.05) is 45.3 Å². The molecule has 46 heavy (non-hydrogen) atoms. The summed E-state index contributed by atoms with van der Waals surface area (Å²) in [6.07, 6.45) is 22.1. The van der Waals surface area contributed by atoms with Crippen LogP contribution in [0.2, 0.25) is 0 Å². The number of hydrogen-bond donors (Lipinski definition) is 0. The number of thiophene rings is 4. The molecule has 0 saturated heterocycles. The van der Waals surface area contributed by atoms with Gasteiger partial charge in [-0.05, 0) is 84.4 Å². The van der Waals surface area contributed by atoms with Crippen molar-refractivity contribution in [3.63, 3.8) is 0 Å². The minimum atomic E-state index is 1.19. The van der Waals surface area contributed by atoms with Crippen molar-refractivity contribution in [1.29, 1.82) is 0 Å². The zero-order valence-electron chi connectivity index (χ0n) is 26.9. The van der Waals surface area contributed by atoms with Crippen LogP contribution in [0.4, 0.5) is 0 Å². The Morgan fingerprint density at radius 2 is 0.870 bits per heavy atom. The molecular weight excluding hydrogens is 633 g/mol. The lowest BCUT2D eigenvalue weighted by Crippen LogP contribution is -1.85. The van der Waals surface area contributed by atoms with Gasteiger partial charge in [0.15, 0.2) is 0 Å². The lowest BCUT2D eigenvalue weighted by Gasteiger charge is -2.02. The smallest absolute Gasteiger partial charge is 0.0536 e. The summed E-state index contributed by atoms with van der Waals surface area (Å²) in [6, 6.07) is 27.9. The Kier molecular flexibility index (Phi) is 10.2. The highest BCUT2D eigenvalue weighted by molar-refractivity contribution is 7.34. The van der Waals surface area contributed by atoms with Crippen molar-refractivity contribution in [2.75, 3.05) is 0 Å². The van der Waals surface area contributed by atoms with Crippen molar-refractivity contribution in [2.24, 2.45) is 0 Å². The van der Waals surface area contributed by atoms with Gasteiger partial charge < -0.3 is 0 Å². The second kappa shape index (κ2) is 14.8. The fourth-order valence-electron chi connectivity index (χ4n) is 6.26. The Morgan fingerprint density at radius 1 is 0.435 bits per heavy atom. The molecule has 0 atom stereocenters. The van der Waals surface area contributed by atoms with Gasteiger partial charge in [-0.15, -0.1) is 45.3 Å². The quantitative estimate of drug-likeness (QED) is 0.101. The summed E-state index contributed by atoms with van der Waals surface area (Å²) in [6.45, 7) is 4.55. The second-order valence-electron chi connectivity index (χ2n) is 12.5. The van der Waals surface area contributed by atoms with Gasteiger partial charge in [0.2, 0.25) is 0 Å². The molecule has 7 rings (SSSR count). The Balaban J connectivity index is 1.04. The maximum atomic E-state index is 2.45. The van der Waals surface area contributed by atoms with Gasteiger partial charge in [-0.1, -0.05) is 113 Å². The fraction of sp³-hybridized carbons (Fsp3) is 0.286. The number of fused-ring (bicyclic) bond motifs is 6. The van der Waals surface area contributed by atoms with E-state index >= 15 is 0 Å². The van der Waals surface area contributed by atoms with Crippen LogP contribution in [0.15, 0.2) is 72.8 Å². The highest BCUT2D eigenvalue weighted by atomic mass is 32.1. The highest BCUT2D eigenvalue weighted by Crippen LogP contribution is 2.46. The molecule has 0 N–H and O–H groups in total. The number of benzene rings is 3. The molecule has 0 radical (unpaired) electrons. The molecule has 0 spiro atoms. The van der Waals surface area contributed by atoms with Crippen LogP contribution in [-0.2, 0) is 12.8 Å². The average molecular weight is 675 g/mol. The summed E-state index contributed by atoms with van der Waals surface area (Å²) < 4.78 is 8.46. The van der Waals surface area contributed by atoms with Crippen molar-refractivity contribution in [3.8, 4) is 0 Å². The molecule has 0 aliphatic carbocycles. The molecule has 0 saturated carbocycles. The maximum absolute atomic E-state index is 2.45. The van der Waals surface area contributed by atoms with Crippen LogP contribution in [0.25, 0.3) is 63.3 Å². The van der Waals surface area contributed by atoms with E-state index in [2.05, 4.69) is 111 Å². The van der Waals surface area contributed by atoms with E-state index in [-0.39, 0.29) is 0 Å². The summed E-state index contributed by atoms with van der Waals surface area (Å²) in [4.78, 5) is 2.66. The van der Waals surface area contributed by atoms with Crippen LogP contribution in [-0.4, -0.2) is 0 Å². The lowest BCUT2D eigenvalue weighted by molar-refractivity contribution is 0.667. The highest BCUT2D eigenvalue weighted by Gasteiger charge is 2.14. The van der Waals surface area contributed by atoms with E-state index < -0.39 is 0 Å². The van der Waals surface area contributed by atoms with Crippen molar-refractivity contribution >= 4 is 109 Å². The standard InChI is InChI=1S/C42H42S4/c1-3-5-7-9-11-29-13-17-31(18-14-29)21-23-33-25-39-41(43-33)35-27-38-36(28-37(35)45-39)42-40(46-38)26-34(44-42)24-22-32-19-15-30(16-20-32)12-10-8-6-4-2/h13-28H,3-12H2,1-2H3/b23-21+,24-22+. The summed E-state index contributed by atoms with van der Waals surface area (Å²) >= 11 is 7.72. The number of rotatable bonds is 14. The topological polar surface area (TPSA) is 0 Å². The van der Waals surface area contributed by atoms with Crippen molar-refractivity contribution in [2.45, 2.75) is 78.1 Å². The SMILES string of the molecule is CCCCCCc1ccc(/C=C/c2cc3sc4cc5c(cc4c3s2)sc2cc(/C=C/c3ccc(CCCCCC)cc3)sc25)cc1. The third-order valence-corrected chi connectivity index (χ3v) is 13.6. The van der Waals surface area contributed by atoms with E-state index in [9.17, 15) is 0 Å². The lowest BCUT2D eigenvalue weighted by atomic mass is 10.0. The second-order valence-corrected chi connectivity index (χ2v) is 16.8. The molecule has 234 valence electrons. The molecule has 4 heteroatoms. The third-order valence-electron chi connectivity index (χ3n) is 8.92. The zero-order valence-corrected chi connectivity index (χ0v) is 30.2. The summed E-state index contributed by atoms with van der Waals surface area (Å²) in [5, 5.41) is 2.82. The molecule has 7 aromatic rings. The monoisotopic (exact) mass is 674 g/mol. The van der Waals surface area contributed by atoms with Crippen molar-refractivity contribution < 1.29 is 0 Å². The first kappa shape index (κ1) is 31.6. The van der Waals surface area contributed by atoms with E-state index in [0.29, 0.717) is 0 Å². The molecule has 0 unspecified atom stereocenters. The minimum Gasteiger partial charge on any atom is -0.134 e. The van der Waals surface area contributed by atoms with Crippen LogP contribution in [0.5, 0.6) is 0 Å². The van der Waals surface area contributed by atoms with Crippen molar-refractivity contribution in [3.05, 3.63) is 105 Å². The van der Waals surface area contributed by atoms with Crippen LogP contribution < -0.4 is 0 Å². The summed E-state index contributed by atoms with van der Waals surface area (Å²) in [5.74, 6) is 0. The molecule has 0 bridgehead atoms. The van der Waals surface area contributed by atoms with E-state index in [4.69, 9.17) is 0 Å². The van der Waals surface area contributed by atoms with Crippen LogP contribution in [0, 0.1) is 0 Å². The Labute approximate surface area is 289 Å². The average Bonchev–Trinajstić information content (AvgIpc) is 3.83. The van der Waals surface area contributed by atoms with Gasteiger partial charge in [-0.25, -0.2) is 0 Å². The van der Waals surface area contributed by atoms with Gasteiger partial charge in [0.05, 0.1) is 9.40 Å².